The van der Waals surface area contributed by atoms with Crippen molar-refractivity contribution in [1.82, 2.24) is 20.0 Å². The number of carbonyl (C=O) groups excluding carboxylic acids is 8. The Balaban J connectivity index is 1.71. The number of aliphatic hydroxyl groups excluding tert-OH is 1. The van der Waals surface area contributed by atoms with Crippen LogP contribution in [0.5, 0.6) is 0 Å². The normalized spacial score (nSPS) is 17.8. The van der Waals surface area contributed by atoms with Gasteiger partial charge in [-0.2, -0.15) is 0 Å². The molecule has 0 radical (unpaired) electrons. The molecule has 1 heterocycles. The molecule has 0 bridgehead atoms. The van der Waals surface area contributed by atoms with Crippen molar-refractivity contribution in [3.05, 3.63) is 65.7 Å². The Morgan fingerprint density at radius 2 is 1.36 bits per heavy atom. The molecule has 5 N–H and O–H groups in total. The number of amides is 5. The molecule has 0 aliphatic carbocycles. The third kappa shape index (κ3) is 21.9. The van der Waals surface area contributed by atoms with Gasteiger partial charge in [0.05, 0.1) is 54.9 Å². The van der Waals surface area contributed by atoms with Gasteiger partial charge in [0.25, 0.3) is 0 Å². The van der Waals surface area contributed by atoms with Crippen LogP contribution in [0.2, 0.25) is 0 Å². The highest BCUT2D eigenvalue weighted by molar-refractivity contribution is 5.98. The molecule has 0 aromatic heterocycles. The topological polar surface area (TPSA) is 244 Å². The summed E-state index contributed by atoms with van der Waals surface area (Å²) in [7, 11) is 6.32. The van der Waals surface area contributed by atoms with Crippen LogP contribution >= 0.6 is 0 Å². The van der Waals surface area contributed by atoms with E-state index in [2.05, 4.69) is 17.6 Å². The lowest BCUT2D eigenvalue weighted by molar-refractivity contribution is -0.149. The van der Waals surface area contributed by atoms with Crippen molar-refractivity contribution in [3.8, 4) is 0 Å². The van der Waals surface area contributed by atoms with Crippen molar-refractivity contribution in [2.75, 3.05) is 40.2 Å². The Bertz CT molecular complexity index is 2450. The molecule has 86 heavy (non-hydrogen) atoms. The lowest BCUT2D eigenvalue weighted by atomic mass is 9.83. The minimum Gasteiger partial charge on any atom is -0.445 e. The average molecular weight is 1200 g/mol. The minimum atomic E-state index is -0.924. The molecule has 2 aromatic rings. The third-order valence-electron chi connectivity index (χ3n) is 17.8. The van der Waals surface area contributed by atoms with Crippen molar-refractivity contribution in [2.45, 2.75) is 222 Å². The summed E-state index contributed by atoms with van der Waals surface area (Å²) < 4.78 is 17.9. The predicted molar refractivity (Wildman–Crippen MR) is 337 cm³/mol. The van der Waals surface area contributed by atoms with Gasteiger partial charge in [0, 0.05) is 77.6 Å². The second-order valence-corrected chi connectivity index (χ2v) is 26.0. The van der Waals surface area contributed by atoms with Gasteiger partial charge in [0.15, 0.2) is 11.6 Å². The second kappa shape index (κ2) is 36.7. The number of likely N-dealkylation sites (tertiary alicyclic amines) is 1. The number of nitrogens with two attached hydrogens (primary N) is 1. The number of nitrogens with zero attached hydrogens (tertiary/aromatic N) is 3. The van der Waals surface area contributed by atoms with Crippen molar-refractivity contribution >= 4 is 52.8 Å². The number of likely N-dealkylation sites (N-methyl/N-ethyl adjacent to an activating group) is 2. The summed E-state index contributed by atoms with van der Waals surface area (Å²) >= 11 is 0. The molecule has 1 aliphatic rings. The fraction of sp³-hybridized carbons (Fsp3) is 0.706. The van der Waals surface area contributed by atoms with E-state index in [4.69, 9.17) is 19.9 Å². The molecule has 3 rings (SSSR count). The van der Waals surface area contributed by atoms with E-state index in [-0.39, 0.29) is 109 Å². The molecule has 1 fully saturated rings. The van der Waals surface area contributed by atoms with Crippen molar-refractivity contribution in [1.29, 1.82) is 0 Å². The maximum Gasteiger partial charge on any atom is 0.410 e. The number of anilines is 1. The minimum absolute atomic E-state index is 0.0333. The third-order valence-corrected chi connectivity index (χ3v) is 17.8. The van der Waals surface area contributed by atoms with Gasteiger partial charge in [0.1, 0.15) is 12.4 Å². The maximum atomic E-state index is 14.9. The molecule has 18 nitrogen and oxygen atoms in total. The first kappa shape index (κ1) is 74.7. The number of rotatable bonds is 38. The lowest BCUT2D eigenvalue weighted by Gasteiger charge is -2.41. The summed E-state index contributed by atoms with van der Waals surface area (Å²) in [5, 5.41) is 16.8. The fourth-order valence-corrected chi connectivity index (χ4v) is 12.1. The van der Waals surface area contributed by atoms with Crippen LogP contribution in [0.3, 0.4) is 0 Å². The summed E-state index contributed by atoms with van der Waals surface area (Å²) in [6.45, 7) is 25.2. The van der Waals surface area contributed by atoms with E-state index < -0.39 is 72.2 Å². The van der Waals surface area contributed by atoms with Gasteiger partial charge in [-0.15, -0.1) is 0 Å². The van der Waals surface area contributed by atoms with Gasteiger partial charge in [0.2, 0.25) is 23.6 Å². The van der Waals surface area contributed by atoms with Crippen LogP contribution in [0.25, 0.3) is 0 Å². The first-order chi connectivity index (χ1) is 40.5. The highest BCUT2D eigenvalue weighted by Gasteiger charge is 2.44. The fourth-order valence-electron chi connectivity index (χ4n) is 12.1. The number of benzene rings is 2. The Kier molecular flexibility index (Phi) is 31.9. The second-order valence-electron chi connectivity index (χ2n) is 26.0. The number of ether oxygens (including phenoxy) is 3. The van der Waals surface area contributed by atoms with Crippen LogP contribution in [0.15, 0.2) is 54.6 Å². The van der Waals surface area contributed by atoms with E-state index in [1.54, 1.807) is 48.2 Å². The zero-order valence-corrected chi connectivity index (χ0v) is 55.3. The molecule has 484 valence electrons. The Morgan fingerprint density at radius 3 is 1.91 bits per heavy atom. The van der Waals surface area contributed by atoms with E-state index in [9.17, 15) is 43.5 Å². The monoisotopic (exact) mass is 1200 g/mol. The number of hydrogen-bond donors (Lipinski definition) is 4. The van der Waals surface area contributed by atoms with Gasteiger partial charge in [-0.25, -0.2) is 4.79 Å². The Morgan fingerprint density at radius 1 is 0.721 bits per heavy atom. The number of carbonyl (C=O) groups is 8. The number of methoxy groups -OCH3 is 2. The van der Waals surface area contributed by atoms with Crippen LogP contribution in [-0.2, 0) is 54.4 Å². The van der Waals surface area contributed by atoms with E-state index in [1.807, 2.05) is 113 Å². The van der Waals surface area contributed by atoms with Gasteiger partial charge >= 0.3 is 6.09 Å². The van der Waals surface area contributed by atoms with Crippen molar-refractivity contribution < 1.29 is 57.7 Å². The van der Waals surface area contributed by atoms with E-state index >= 15 is 0 Å². The number of hydrogen-bond acceptors (Lipinski definition) is 13. The summed E-state index contributed by atoms with van der Waals surface area (Å²) in [4.78, 5) is 117. The zero-order valence-electron chi connectivity index (χ0n) is 55.3. The molecular weight excluding hydrogens is 1090 g/mol. The van der Waals surface area contributed by atoms with Gasteiger partial charge in [-0.3, -0.25) is 33.6 Å². The Hall–Kier alpha value is -5.56. The van der Waals surface area contributed by atoms with Crippen LogP contribution in [0, 0.1) is 53.3 Å². The smallest absolute Gasteiger partial charge is 0.410 e. The lowest BCUT2D eigenvalue weighted by Crippen LogP contribution is -2.54. The van der Waals surface area contributed by atoms with Gasteiger partial charge < -0.3 is 50.4 Å². The van der Waals surface area contributed by atoms with E-state index in [1.165, 1.54) is 19.1 Å². The molecule has 2 aromatic carbocycles. The number of unbranched alkanes of at least 4 members (excludes halogenated alkanes) is 2. The molecule has 0 saturated carbocycles. The molecule has 5 amide bonds. The first-order valence-corrected chi connectivity index (χ1v) is 31.8. The molecule has 18 heteroatoms. The van der Waals surface area contributed by atoms with Gasteiger partial charge in [-0.1, -0.05) is 158 Å². The van der Waals surface area contributed by atoms with Gasteiger partial charge in [-0.05, 0) is 84.5 Å². The highest BCUT2D eigenvalue weighted by atomic mass is 16.6. The largest absolute Gasteiger partial charge is 0.445 e. The maximum absolute atomic E-state index is 14.9. The zero-order chi connectivity index (χ0) is 64.7. The van der Waals surface area contributed by atoms with Crippen molar-refractivity contribution in [2.24, 2.45) is 59.0 Å². The summed E-state index contributed by atoms with van der Waals surface area (Å²) in [6.07, 6.45) is 2.64. The van der Waals surface area contributed by atoms with E-state index in [0.29, 0.717) is 43.5 Å². The molecule has 13 atom stereocenters. The molecule has 1 saturated heterocycles. The molecule has 0 spiro atoms. The Labute approximate surface area is 515 Å². The van der Waals surface area contributed by atoms with Crippen LogP contribution in [-0.4, -0.2) is 144 Å². The standard InChI is InChI=1S/C68H110N6O12/c1-18-20-22-28-50(37-56(76)53(35-41(3)4)71-66(81)60(69)43(7)8)65(80)70-51-32-30-48(31-33-51)40-86-68(83)73(15)61(44(9)10)57(77)38-52(42(5)6)67(82)72(14)62(45(11)19-2)58(84-16)39-59(78)74-34-25-29-54(74)64(85-17)47(13)55(75)36-46(12)63(79)49-26-23-21-24-27-49/h21,23-24,26-27,30-33,41-47,50,52-54,58,60-64,79H,18-20,22,25,28-29,34-40,69H2,1-17H3,(H,70,80)(H,71,81)/t45-,46-,47-,50+,52-,53-,54-,58?,60-,61-,62-,63+,64+/m0/s1. The summed E-state index contributed by atoms with van der Waals surface area (Å²) in [6, 6.07) is 12.7. The molecule has 1 aliphatic heterocycles. The van der Waals surface area contributed by atoms with Crippen LogP contribution < -0.4 is 16.4 Å². The summed E-state index contributed by atoms with van der Waals surface area (Å²) in [5.41, 5.74) is 7.97. The number of Topliss-reactive ketones (excluding diaryl/α,β-unsaturated/α-hetero) is 3. The predicted octanol–water partition coefficient (Wildman–Crippen LogP) is 10.4. The van der Waals surface area contributed by atoms with Crippen molar-refractivity contribution in [3.63, 3.8) is 0 Å². The highest BCUT2D eigenvalue weighted by Crippen LogP contribution is 2.33. The molecule has 1 unspecified atom stereocenters. The quantitative estimate of drug-likeness (QED) is 0.0458. The van der Waals surface area contributed by atoms with Crippen LogP contribution in [0.1, 0.15) is 184 Å². The number of nitrogens with one attached hydrogen (secondary N) is 2. The number of aliphatic hydroxyl groups is 1. The first-order valence-electron chi connectivity index (χ1n) is 31.8. The SMILES string of the molecule is CCCCC[C@H](CC(=O)[C@H](CC(C)C)NC(=O)[C@@H](N)C(C)C)C(=O)Nc1ccc(COC(=O)N(C)[C@H](C(=O)C[C@H](C(=O)N(C)[C@H](C(CC(=O)N2CCC[C@H]2[C@H](OC)[C@@H](C)C(=O)C[C@H](C)[C@@H](O)c2ccccc2)OC)[C@@H](C)CC)C(C)C)C(C)C)cc1. The van der Waals surface area contributed by atoms with E-state index in [0.717, 1.165) is 31.2 Å². The van der Waals surface area contributed by atoms with Crippen LogP contribution in [0.4, 0.5) is 10.5 Å². The average Bonchev–Trinajstić information content (AvgIpc) is 2.87. The number of ketones is 3. The molecular formula is C68H110N6O12. The summed E-state index contributed by atoms with van der Waals surface area (Å²) in [5.74, 6) is -4.73.